The van der Waals surface area contributed by atoms with Gasteiger partial charge in [-0.1, -0.05) is 36.4 Å². The van der Waals surface area contributed by atoms with Gasteiger partial charge in [0, 0.05) is 11.1 Å². The summed E-state index contributed by atoms with van der Waals surface area (Å²) in [4.78, 5) is 12.7. The molecule has 0 saturated carbocycles. The summed E-state index contributed by atoms with van der Waals surface area (Å²) in [6, 6.07) is 16.4. The van der Waals surface area contributed by atoms with E-state index in [1.54, 1.807) is 24.3 Å². The first-order valence-corrected chi connectivity index (χ1v) is 7.43. The van der Waals surface area contributed by atoms with Gasteiger partial charge in [0.05, 0.1) is 5.56 Å². The van der Waals surface area contributed by atoms with E-state index in [4.69, 9.17) is 0 Å². The molecule has 1 nitrogen and oxygen atoms in total. The van der Waals surface area contributed by atoms with Crippen LogP contribution in [0.1, 0.15) is 21.5 Å². The smallest absolute Gasteiger partial charge is 0.289 e. The van der Waals surface area contributed by atoms with Crippen LogP contribution in [0.2, 0.25) is 0 Å². The molecule has 0 aliphatic heterocycles. The molecule has 3 aromatic carbocycles. The first kappa shape index (κ1) is 16.9. The minimum absolute atomic E-state index is 0.306. The number of ketones is 1. The van der Waals surface area contributed by atoms with E-state index in [-0.39, 0.29) is 5.78 Å². The van der Waals surface area contributed by atoms with Gasteiger partial charge in [0.2, 0.25) is 0 Å². The second kappa shape index (κ2) is 6.51. The van der Waals surface area contributed by atoms with Crippen molar-refractivity contribution in [1.82, 2.24) is 0 Å². The van der Waals surface area contributed by atoms with Crippen LogP contribution in [-0.4, -0.2) is 5.78 Å². The normalized spacial score (nSPS) is 11.4. The Labute approximate surface area is 141 Å². The van der Waals surface area contributed by atoms with Crippen molar-refractivity contribution >= 4 is 5.78 Å². The summed E-state index contributed by atoms with van der Waals surface area (Å²) in [6.07, 6.45) is -4.41. The molecule has 0 atom stereocenters. The van der Waals surface area contributed by atoms with Crippen LogP contribution in [0.5, 0.6) is 0 Å². The topological polar surface area (TPSA) is 17.1 Å². The van der Waals surface area contributed by atoms with Gasteiger partial charge in [-0.3, -0.25) is 4.79 Å². The monoisotopic (exact) mass is 344 g/mol. The van der Waals surface area contributed by atoms with Gasteiger partial charge in [0.1, 0.15) is 5.82 Å². The maximum absolute atomic E-state index is 13.0. The minimum atomic E-state index is -4.41. The molecular formula is C20H12F4O. The van der Waals surface area contributed by atoms with E-state index in [1.807, 2.05) is 0 Å². The summed E-state index contributed by atoms with van der Waals surface area (Å²) in [5, 5.41) is 0. The van der Waals surface area contributed by atoms with Crippen LogP contribution in [0.4, 0.5) is 17.6 Å². The van der Waals surface area contributed by atoms with E-state index in [0.717, 1.165) is 12.1 Å². The van der Waals surface area contributed by atoms with Gasteiger partial charge in [-0.05, 0) is 47.5 Å². The van der Waals surface area contributed by atoms with Crippen LogP contribution >= 0.6 is 0 Å². The maximum Gasteiger partial charge on any atom is 0.416 e. The number of carbonyl (C=O) groups excluding carboxylic acids is 1. The second-order valence-electron chi connectivity index (χ2n) is 5.46. The molecule has 0 radical (unpaired) electrons. The Balaban J connectivity index is 2.01. The Hall–Kier alpha value is -2.95. The summed E-state index contributed by atoms with van der Waals surface area (Å²) in [6.45, 7) is 0. The lowest BCUT2D eigenvalue weighted by molar-refractivity contribution is -0.137. The molecule has 0 aromatic heterocycles. The van der Waals surface area contributed by atoms with Crippen molar-refractivity contribution in [2.24, 2.45) is 0 Å². The van der Waals surface area contributed by atoms with E-state index >= 15 is 0 Å². The van der Waals surface area contributed by atoms with E-state index in [1.165, 1.54) is 36.4 Å². The van der Waals surface area contributed by atoms with Gasteiger partial charge in [0.15, 0.2) is 5.78 Å². The molecule has 3 rings (SSSR count). The summed E-state index contributed by atoms with van der Waals surface area (Å²) >= 11 is 0. The lowest BCUT2D eigenvalue weighted by Crippen LogP contribution is -2.05. The number of alkyl halides is 3. The van der Waals surface area contributed by atoms with Crippen molar-refractivity contribution in [2.75, 3.05) is 0 Å². The van der Waals surface area contributed by atoms with Crippen LogP contribution < -0.4 is 0 Å². The number of rotatable bonds is 3. The van der Waals surface area contributed by atoms with Crippen molar-refractivity contribution in [3.8, 4) is 11.1 Å². The van der Waals surface area contributed by atoms with Gasteiger partial charge in [0.25, 0.3) is 0 Å². The second-order valence-corrected chi connectivity index (χ2v) is 5.46. The molecule has 0 saturated heterocycles. The maximum atomic E-state index is 13.0. The molecule has 5 heteroatoms. The highest BCUT2D eigenvalue weighted by molar-refractivity contribution is 6.12. The SMILES string of the molecule is O=C(c1ccc(F)cc1)c1ccccc1-c1ccc(C(F)(F)F)cc1. The van der Waals surface area contributed by atoms with Gasteiger partial charge in [-0.2, -0.15) is 13.2 Å². The number of hydrogen-bond acceptors (Lipinski definition) is 1. The molecule has 0 heterocycles. The molecule has 0 aliphatic rings. The Bertz CT molecular complexity index is 894. The highest BCUT2D eigenvalue weighted by atomic mass is 19.4. The summed E-state index contributed by atoms with van der Waals surface area (Å²) in [7, 11) is 0. The molecule has 0 bridgehead atoms. The molecule has 0 N–H and O–H groups in total. The van der Waals surface area contributed by atoms with Gasteiger partial charge in [-0.25, -0.2) is 4.39 Å². The molecule has 126 valence electrons. The standard InChI is InChI=1S/C20H12F4O/c21-16-11-7-14(8-12-16)19(25)18-4-2-1-3-17(18)13-5-9-15(10-6-13)20(22,23)24/h1-12H. The number of carbonyl (C=O) groups is 1. The van der Waals surface area contributed by atoms with Crippen LogP contribution in [0.15, 0.2) is 72.8 Å². The fourth-order valence-electron chi connectivity index (χ4n) is 2.53. The van der Waals surface area contributed by atoms with Crippen molar-refractivity contribution in [3.05, 3.63) is 95.3 Å². The molecule has 25 heavy (non-hydrogen) atoms. The summed E-state index contributed by atoms with van der Waals surface area (Å²) in [5.74, 6) is -0.775. The van der Waals surface area contributed by atoms with E-state index in [9.17, 15) is 22.4 Å². The van der Waals surface area contributed by atoms with Crippen molar-refractivity contribution < 1.29 is 22.4 Å². The fraction of sp³-hybridized carbons (Fsp3) is 0.0500. The van der Waals surface area contributed by atoms with Crippen molar-refractivity contribution in [3.63, 3.8) is 0 Å². The van der Waals surface area contributed by atoms with E-state index in [0.29, 0.717) is 22.3 Å². The Morgan fingerprint density at radius 3 is 1.96 bits per heavy atom. The van der Waals surface area contributed by atoms with Crippen molar-refractivity contribution in [2.45, 2.75) is 6.18 Å². The molecule has 3 aromatic rings. The average Bonchev–Trinajstić information content (AvgIpc) is 2.61. The third-order valence-electron chi connectivity index (χ3n) is 3.80. The van der Waals surface area contributed by atoms with Gasteiger partial charge in [-0.15, -0.1) is 0 Å². The third-order valence-corrected chi connectivity index (χ3v) is 3.80. The quantitative estimate of drug-likeness (QED) is 0.437. The lowest BCUT2D eigenvalue weighted by atomic mass is 9.93. The number of benzene rings is 3. The zero-order chi connectivity index (χ0) is 18.0. The molecule has 0 unspecified atom stereocenters. The summed E-state index contributed by atoms with van der Waals surface area (Å²) < 4.78 is 51.1. The fourth-order valence-corrected chi connectivity index (χ4v) is 2.53. The largest absolute Gasteiger partial charge is 0.416 e. The summed E-state index contributed by atoms with van der Waals surface area (Å²) in [5.41, 5.74) is 0.915. The van der Waals surface area contributed by atoms with Gasteiger partial charge >= 0.3 is 6.18 Å². The predicted molar refractivity (Wildman–Crippen MR) is 86.7 cm³/mol. The molecule has 0 amide bonds. The predicted octanol–water partition coefficient (Wildman–Crippen LogP) is 5.74. The first-order valence-electron chi connectivity index (χ1n) is 7.43. The van der Waals surface area contributed by atoms with Crippen LogP contribution in [0.3, 0.4) is 0 Å². The van der Waals surface area contributed by atoms with Gasteiger partial charge < -0.3 is 0 Å². The zero-order valence-electron chi connectivity index (χ0n) is 12.8. The van der Waals surface area contributed by atoms with E-state index in [2.05, 4.69) is 0 Å². The molecule has 0 fully saturated rings. The molecule has 0 aliphatic carbocycles. The van der Waals surface area contributed by atoms with Crippen LogP contribution in [0.25, 0.3) is 11.1 Å². The number of hydrogen-bond donors (Lipinski definition) is 0. The van der Waals surface area contributed by atoms with Crippen LogP contribution in [-0.2, 0) is 6.18 Å². The molecular weight excluding hydrogens is 332 g/mol. The van der Waals surface area contributed by atoms with Crippen molar-refractivity contribution in [1.29, 1.82) is 0 Å². The number of halogens is 4. The Morgan fingerprint density at radius 2 is 1.36 bits per heavy atom. The first-order chi connectivity index (χ1) is 11.9. The Kier molecular flexibility index (Phi) is 4.40. The van der Waals surface area contributed by atoms with E-state index < -0.39 is 17.6 Å². The third kappa shape index (κ3) is 3.60. The minimum Gasteiger partial charge on any atom is -0.289 e. The lowest BCUT2D eigenvalue weighted by Gasteiger charge is -2.11. The average molecular weight is 344 g/mol. The Morgan fingerprint density at radius 1 is 0.760 bits per heavy atom. The highest BCUT2D eigenvalue weighted by Crippen LogP contribution is 2.32. The molecule has 0 spiro atoms. The zero-order valence-corrected chi connectivity index (χ0v) is 12.8. The van der Waals surface area contributed by atoms with Crippen LogP contribution in [0, 0.1) is 5.82 Å². The highest BCUT2D eigenvalue weighted by Gasteiger charge is 2.30.